The number of furan rings is 1. The topological polar surface area (TPSA) is 42.4 Å². The highest BCUT2D eigenvalue weighted by atomic mass is 79.9. The lowest BCUT2D eigenvalue weighted by molar-refractivity contribution is 0.0480. The van der Waals surface area contributed by atoms with Crippen molar-refractivity contribution in [3.63, 3.8) is 0 Å². The first-order valence-corrected chi connectivity index (χ1v) is 7.62. The van der Waals surface area contributed by atoms with E-state index in [-0.39, 0.29) is 11.6 Å². The summed E-state index contributed by atoms with van der Waals surface area (Å²) in [6.07, 6.45) is 6.63. The number of piperidine rings is 1. The fourth-order valence-electron chi connectivity index (χ4n) is 2.85. The Morgan fingerprint density at radius 2 is 2.11 bits per heavy atom. The molecule has 1 aliphatic heterocycles. The lowest BCUT2D eigenvalue weighted by Gasteiger charge is -2.46. The van der Waals surface area contributed by atoms with Gasteiger partial charge in [-0.05, 0) is 61.3 Å². The first-order chi connectivity index (χ1) is 8.59. The molecule has 0 aliphatic carbocycles. The van der Waals surface area contributed by atoms with Gasteiger partial charge in [0.15, 0.2) is 0 Å². The van der Waals surface area contributed by atoms with Crippen molar-refractivity contribution in [2.45, 2.75) is 51.1 Å². The lowest BCUT2D eigenvalue weighted by Crippen LogP contribution is -2.54. The van der Waals surface area contributed by atoms with Crippen molar-refractivity contribution < 1.29 is 4.42 Å². The van der Waals surface area contributed by atoms with Crippen LogP contribution in [-0.2, 0) is 0 Å². The molecule has 102 valence electrons. The zero-order valence-electron chi connectivity index (χ0n) is 11.3. The normalized spacial score (nSPS) is 22.7. The summed E-state index contributed by atoms with van der Waals surface area (Å²) in [5.41, 5.74) is 6.47. The minimum atomic E-state index is -0.0926. The van der Waals surface area contributed by atoms with Crippen molar-refractivity contribution in [1.29, 1.82) is 0 Å². The molecule has 2 N–H and O–H groups in total. The summed E-state index contributed by atoms with van der Waals surface area (Å²) in [5.74, 6) is 0.866. The van der Waals surface area contributed by atoms with Gasteiger partial charge in [0.25, 0.3) is 0 Å². The molecular formula is C14H23BrN2O. The highest BCUT2D eigenvalue weighted by Crippen LogP contribution is 2.37. The lowest BCUT2D eigenvalue weighted by atomic mass is 9.85. The Labute approximate surface area is 118 Å². The van der Waals surface area contributed by atoms with E-state index in [1.165, 1.54) is 19.3 Å². The zero-order valence-corrected chi connectivity index (χ0v) is 12.9. The van der Waals surface area contributed by atoms with Gasteiger partial charge in [-0.1, -0.05) is 13.3 Å². The van der Waals surface area contributed by atoms with Gasteiger partial charge in [0.2, 0.25) is 0 Å². The molecule has 0 amide bonds. The van der Waals surface area contributed by atoms with E-state index < -0.39 is 0 Å². The maximum atomic E-state index is 6.49. The van der Waals surface area contributed by atoms with Gasteiger partial charge in [0.1, 0.15) is 5.76 Å². The Morgan fingerprint density at radius 1 is 1.44 bits per heavy atom. The van der Waals surface area contributed by atoms with Gasteiger partial charge in [-0.2, -0.15) is 0 Å². The van der Waals surface area contributed by atoms with Crippen LogP contribution in [0.15, 0.2) is 21.2 Å². The van der Waals surface area contributed by atoms with Crippen molar-refractivity contribution in [1.82, 2.24) is 4.90 Å². The second kappa shape index (κ2) is 5.76. The monoisotopic (exact) mass is 314 g/mol. The summed E-state index contributed by atoms with van der Waals surface area (Å²) in [4.78, 5) is 2.54. The minimum absolute atomic E-state index is 0.0270. The van der Waals surface area contributed by atoms with E-state index in [1.807, 2.05) is 6.07 Å². The van der Waals surface area contributed by atoms with Gasteiger partial charge in [-0.15, -0.1) is 0 Å². The number of rotatable bonds is 4. The Bertz CT molecular complexity index is 387. The van der Waals surface area contributed by atoms with Crippen LogP contribution in [0.3, 0.4) is 0 Å². The van der Waals surface area contributed by atoms with Gasteiger partial charge in [-0.25, -0.2) is 0 Å². The highest BCUT2D eigenvalue weighted by molar-refractivity contribution is 9.10. The van der Waals surface area contributed by atoms with Crippen LogP contribution in [0.25, 0.3) is 0 Å². The van der Waals surface area contributed by atoms with Gasteiger partial charge in [0, 0.05) is 5.54 Å². The number of hydrogen-bond donors (Lipinski definition) is 1. The number of nitrogens with two attached hydrogens (primary N) is 1. The molecule has 1 aliphatic rings. The second-order valence-electron chi connectivity index (χ2n) is 5.37. The second-order valence-corrected chi connectivity index (χ2v) is 6.22. The first-order valence-electron chi connectivity index (χ1n) is 6.83. The van der Waals surface area contributed by atoms with E-state index in [0.29, 0.717) is 0 Å². The Hall–Kier alpha value is -0.320. The quantitative estimate of drug-likeness (QED) is 0.921. The number of hydrogen-bond acceptors (Lipinski definition) is 3. The molecule has 2 heterocycles. The van der Waals surface area contributed by atoms with Crippen molar-refractivity contribution in [2.75, 3.05) is 13.1 Å². The maximum absolute atomic E-state index is 6.49. The average Bonchev–Trinajstić information content (AvgIpc) is 2.84. The molecule has 1 aromatic heterocycles. The van der Waals surface area contributed by atoms with Gasteiger partial charge in [0.05, 0.1) is 16.8 Å². The number of halogens is 1. The SMILES string of the molecule is CCC(C)(C(N)c1occc1Br)N1CCCCC1. The molecule has 0 spiro atoms. The average molecular weight is 315 g/mol. The number of likely N-dealkylation sites (tertiary alicyclic amines) is 1. The molecule has 0 aromatic carbocycles. The molecule has 4 heteroatoms. The minimum Gasteiger partial charge on any atom is -0.466 e. The molecule has 2 unspecified atom stereocenters. The fourth-order valence-corrected chi connectivity index (χ4v) is 3.30. The summed E-state index contributed by atoms with van der Waals surface area (Å²) in [5, 5.41) is 0. The molecule has 2 atom stereocenters. The van der Waals surface area contributed by atoms with E-state index in [1.54, 1.807) is 6.26 Å². The van der Waals surface area contributed by atoms with E-state index in [9.17, 15) is 0 Å². The maximum Gasteiger partial charge on any atom is 0.136 e. The molecule has 0 saturated carbocycles. The molecule has 2 rings (SSSR count). The summed E-state index contributed by atoms with van der Waals surface area (Å²) < 4.78 is 6.54. The molecule has 18 heavy (non-hydrogen) atoms. The van der Waals surface area contributed by atoms with Crippen LogP contribution in [0, 0.1) is 0 Å². The highest BCUT2D eigenvalue weighted by Gasteiger charge is 2.39. The summed E-state index contributed by atoms with van der Waals surface area (Å²) in [7, 11) is 0. The molecule has 1 saturated heterocycles. The molecular weight excluding hydrogens is 292 g/mol. The van der Waals surface area contributed by atoms with E-state index in [2.05, 4.69) is 34.7 Å². The molecule has 1 fully saturated rings. The molecule has 1 aromatic rings. The largest absolute Gasteiger partial charge is 0.466 e. The van der Waals surface area contributed by atoms with Crippen molar-refractivity contribution in [2.24, 2.45) is 5.73 Å². The van der Waals surface area contributed by atoms with Crippen LogP contribution >= 0.6 is 15.9 Å². The van der Waals surface area contributed by atoms with E-state index >= 15 is 0 Å². The molecule has 0 radical (unpaired) electrons. The molecule has 0 bridgehead atoms. The van der Waals surface area contributed by atoms with Gasteiger partial charge >= 0.3 is 0 Å². The van der Waals surface area contributed by atoms with Crippen LogP contribution < -0.4 is 5.73 Å². The summed E-state index contributed by atoms with van der Waals surface area (Å²) in [6, 6.07) is 1.83. The van der Waals surface area contributed by atoms with Crippen LogP contribution in [0.5, 0.6) is 0 Å². The van der Waals surface area contributed by atoms with Crippen LogP contribution in [-0.4, -0.2) is 23.5 Å². The predicted molar refractivity (Wildman–Crippen MR) is 77.5 cm³/mol. The smallest absolute Gasteiger partial charge is 0.136 e. The predicted octanol–water partition coefficient (Wildman–Crippen LogP) is 3.70. The fraction of sp³-hybridized carbons (Fsp3) is 0.714. The summed E-state index contributed by atoms with van der Waals surface area (Å²) >= 11 is 3.52. The van der Waals surface area contributed by atoms with Crippen LogP contribution in [0.4, 0.5) is 0 Å². The Kier molecular flexibility index (Phi) is 4.51. The third-order valence-corrected chi connectivity index (χ3v) is 5.05. The third kappa shape index (κ3) is 2.51. The Morgan fingerprint density at radius 3 is 2.61 bits per heavy atom. The molecule has 3 nitrogen and oxygen atoms in total. The standard InChI is InChI=1S/C14H23BrN2O/c1-3-14(2,17-8-5-4-6-9-17)13(16)12-11(15)7-10-18-12/h7,10,13H,3-6,8-9,16H2,1-2H3. The first kappa shape index (κ1) is 14.1. The van der Waals surface area contributed by atoms with Crippen LogP contribution in [0.2, 0.25) is 0 Å². The van der Waals surface area contributed by atoms with Crippen molar-refractivity contribution >= 4 is 15.9 Å². The van der Waals surface area contributed by atoms with Gasteiger partial charge in [-0.3, -0.25) is 4.90 Å². The van der Waals surface area contributed by atoms with Gasteiger partial charge < -0.3 is 10.2 Å². The summed E-state index contributed by atoms with van der Waals surface area (Å²) in [6.45, 7) is 6.77. The number of nitrogens with zero attached hydrogens (tertiary/aromatic N) is 1. The van der Waals surface area contributed by atoms with Crippen LogP contribution in [0.1, 0.15) is 51.3 Å². The third-order valence-electron chi connectivity index (χ3n) is 4.39. The van der Waals surface area contributed by atoms with Crippen molar-refractivity contribution in [3.05, 3.63) is 22.6 Å². The zero-order chi connectivity index (χ0) is 13.2. The van der Waals surface area contributed by atoms with E-state index in [0.717, 1.165) is 29.7 Å². The Balaban J connectivity index is 2.22. The van der Waals surface area contributed by atoms with E-state index in [4.69, 9.17) is 10.2 Å². The van der Waals surface area contributed by atoms with Crippen molar-refractivity contribution in [3.8, 4) is 0 Å².